The van der Waals surface area contributed by atoms with Gasteiger partial charge in [-0.2, -0.15) is 5.26 Å². The number of hydrogen-bond acceptors (Lipinski definition) is 3. The van der Waals surface area contributed by atoms with Gasteiger partial charge in [0.15, 0.2) is 11.6 Å². The third-order valence-electron chi connectivity index (χ3n) is 8.79. The highest BCUT2D eigenvalue weighted by molar-refractivity contribution is 5.75. The molecule has 0 amide bonds. The molecule has 4 unspecified atom stereocenters. The van der Waals surface area contributed by atoms with E-state index in [1.165, 1.54) is 76.3 Å². The zero-order chi connectivity index (χ0) is 22.5. The molecule has 4 rings (SSSR count). The number of carbonyl (C=O) groups is 1. The summed E-state index contributed by atoms with van der Waals surface area (Å²) >= 11 is 0. The first-order valence-electron chi connectivity index (χ1n) is 13.0. The normalized spacial score (nSPS) is 32.5. The average Bonchev–Trinajstić information content (AvgIpc) is 2.83. The number of fused-ring (bicyclic) bond motifs is 1. The Morgan fingerprint density at radius 2 is 1.84 bits per heavy atom. The molecule has 0 N–H and O–H groups in total. The molecule has 3 saturated carbocycles. The highest BCUT2D eigenvalue weighted by atomic mass is 19.1. The van der Waals surface area contributed by atoms with E-state index in [1.54, 1.807) is 0 Å². The minimum absolute atomic E-state index is 0.0513. The maximum absolute atomic E-state index is 14.2. The zero-order valence-corrected chi connectivity index (χ0v) is 19.5. The number of hydrogen-bond donors (Lipinski definition) is 0. The number of esters is 1. The summed E-state index contributed by atoms with van der Waals surface area (Å²) in [6, 6.07) is 5.94. The van der Waals surface area contributed by atoms with Gasteiger partial charge in [-0.1, -0.05) is 51.9 Å². The molecule has 0 aromatic heterocycles. The van der Waals surface area contributed by atoms with Crippen LogP contribution in [0.2, 0.25) is 0 Å². The number of halogens is 1. The van der Waals surface area contributed by atoms with E-state index in [1.807, 2.05) is 6.07 Å². The second-order valence-corrected chi connectivity index (χ2v) is 10.6. The van der Waals surface area contributed by atoms with Crippen molar-refractivity contribution in [2.45, 2.75) is 90.4 Å². The van der Waals surface area contributed by atoms with Gasteiger partial charge in [-0.15, -0.1) is 0 Å². The molecule has 32 heavy (non-hydrogen) atoms. The number of rotatable bonds is 6. The van der Waals surface area contributed by atoms with Crippen LogP contribution >= 0.6 is 0 Å². The van der Waals surface area contributed by atoms with E-state index in [2.05, 4.69) is 6.92 Å². The molecule has 0 saturated heterocycles. The number of ether oxygens (including phenoxy) is 1. The second kappa shape index (κ2) is 10.8. The van der Waals surface area contributed by atoms with Crippen LogP contribution in [0.4, 0.5) is 4.39 Å². The van der Waals surface area contributed by atoms with Gasteiger partial charge in [0, 0.05) is 0 Å². The van der Waals surface area contributed by atoms with Gasteiger partial charge in [-0.25, -0.2) is 4.39 Å². The molecule has 0 spiro atoms. The van der Waals surface area contributed by atoms with Crippen LogP contribution in [0.5, 0.6) is 5.75 Å². The van der Waals surface area contributed by atoms with Crippen LogP contribution < -0.4 is 4.74 Å². The Morgan fingerprint density at radius 3 is 2.56 bits per heavy atom. The van der Waals surface area contributed by atoms with E-state index < -0.39 is 5.82 Å². The van der Waals surface area contributed by atoms with Crippen LogP contribution in [0.25, 0.3) is 0 Å². The molecular formula is C28H38FNO2. The SMILES string of the molecule is CCCCC1CCC(C2CCC3C(CCCC3C(=O)Oc3ccc(C#N)cc3F)C2)CC1. The summed E-state index contributed by atoms with van der Waals surface area (Å²) in [6.45, 7) is 2.29. The smallest absolute Gasteiger partial charge is 0.314 e. The molecule has 3 aliphatic carbocycles. The lowest BCUT2D eigenvalue weighted by Gasteiger charge is -2.46. The van der Waals surface area contributed by atoms with Gasteiger partial charge in [0.1, 0.15) is 0 Å². The third-order valence-corrected chi connectivity index (χ3v) is 8.79. The maximum Gasteiger partial charge on any atom is 0.314 e. The van der Waals surface area contributed by atoms with Crippen molar-refractivity contribution in [1.29, 1.82) is 5.26 Å². The molecule has 1 aromatic carbocycles. The molecule has 4 heteroatoms. The molecule has 4 atom stereocenters. The first kappa shape index (κ1) is 23.3. The summed E-state index contributed by atoms with van der Waals surface area (Å²) in [5.41, 5.74) is 0.234. The lowest BCUT2D eigenvalue weighted by atomic mass is 9.59. The van der Waals surface area contributed by atoms with Crippen LogP contribution in [0.1, 0.15) is 96.0 Å². The predicted molar refractivity (Wildman–Crippen MR) is 123 cm³/mol. The lowest BCUT2D eigenvalue weighted by molar-refractivity contribution is -0.144. The van der Waals surface area contributed by atoms with Crippen molar-refractivity contribution in [3.05, 3.63) is 29.6 Å². The Morgan fingerprint density at radius 1 is 1.06 bits per heavy atom. The van der Waals surface area contributed by atoms with Crippen LogP contribution in [0.3, 0.4) is 0 Å². The number of carbonyl (C=O) groups excluding carboxylic acids is 1. The van der Waals surface area contributed by atoms with Gasteiger partial charge in [0.05, 0.1) is 17.6 Å². The van der Waals surface area contributed by atoms with Crippen molar-refractivity contribution in [2.75, 3.05) is 0 Å². The lowest BCUT2D eigenvalue weighted by Crippen LogP contribution is -2.40. The summed E-state index contributed by atoms with van der Waals surface area (Å²) in [5, 5.41) is 8.91. The number of nitriles is 1. The molecule has 0 radical (unpaired) electrons. The minimum atomic E-state index is -0.636. The zero-order valence-electron chi connectivity index (χ0n) is 19.5. The number of nitrogens with zero attached hydrogens (tertiary/aromatic N) is 1. The van der Waals surface area contributed by atoms with Crippen molar-refractivity contribution in [1.82, 2.24) is 0 Å². The summed E-state index contributed by atoms with van der Waals surface area (Å²) in [7, 11) is 0. The van der Waals surface area contributed by atoms with E-state index in [-0.39, 0.29) is 23.2 Å². The Balaban J connectivity index is 1.32. The fraction of sp³-hybridized carbons (Fsp3) is 0.714. The molecule has 3 fully saturated rings. The monoisotopic (exact) mass is 439 g/mol. The van der Waals surface area contributed by atoms with E-state index in [9.17, 15) is 9.18 Å². The second-order valence-electron chi connectivity index (χ2n) is 10.6. The van der Waals surface area contributed by atoms with Gasteiger partial charge in [0.25, 0.3) is 0 Å². The standard InChI is InChI=1S/C28H38FNO2/c1-2-3-5-19-8-11-21(12-9-19)22-13-14-24-23(17-22)6-4-7-25(24)28(31)32-27-15-10-20(18-30)16-26(27)29/h10,15-16,19,21-25H,2-9,11-14,17H2,1H3. The molecule has 3 aliphatic rings. The van der Waals surface area contributed by atoms with Crippen LogP contribution in [0.15, 0.2) is 18.2 Å². The van der Waals surface area contributed by atoms with Crippen LogP contribution in [-0.4, -0.2) is 5.97 Å². The molecule has 3 nitrogen and oxygen atoms in total. The predicted octanol–water partition coefficient (Wildman–Crippen LogP) is 7.43. The van der Waals surface area contributed by atoms with Gasteiger partial charge >= 0.3 is 5.97 Å². The Kier molecular flexibility index (Phi) is 7.87. The van der Waals surface area contributed by atoms with E-state index in [4.69, 9.17) is 10.00 Å². The third kappa shape index (κ3) is 5.36. The molecule has 1 aromatic rings. The molecule has 0 heterocycles. The summed E-state index contributed by atoms with van der Waals surface area (Å²) in [5.74, 6) is 2.58. The van der Waals surface area contributed by atoms with Crippen molar-refractivity contribution in [2.24, 2.45) is 35.5 Å². The summed E-state index contributed by atoms with van der Waals surface area (Å²) in [4.78, 5) is 13.0. The highest BCUT2D eigenvalue weighted by Crippen LogP contribution is 2.50. The number of benzene rings is 1. The highest BCUT2D eigenvalue weighted by Gasteiger charge is 2.43. The molecule has 174 valence electrons. The van der Waals surface area contributed by atoms with E-state index in [0.717, 1.165) is 43.1 Å². The van der Waals surface area contributed by atoms with Gasteiger partial charge in [-0.05, 0) is 86.3 Å². The average molecular weight is 440 g/mol. The summed E-state index contributed by atoms with van der Waals surface area (Å²) < 4.78 is 19.7. The molecule has 0 bridgehead atoms. The summed E-state index contributed by atoms with van der Waals surface area (Å²) in [6.07, 6.45) is 16.5. The largest absolute Gasteiger partial charge is 0.423 e. The fourth-order valence-corrected chi connectivity index (χ4v) is 7.00. The van der Waals surface area contributed by atoms with Crippen molar-refractivity contribution < 1.29 is 13.9 Å². The van der Waals surface area contributed by atoms with Crippen molar-refractivity contribution in [3.8, 4) is 11.8 Å². The Labute approximate surface area is 192 Å². The molecule has 0 aliphatic heterocycles. The van der Waals surface area contributed by atoms with E-state index in [0.29, 0.717) is 11.8 Å². The molecular weight excluding hydrogens is 401 g/mol. The van der Waals surface area contributed by atoms with Crippen molar-refractivity contribution in [3.63, 3.8) is 0 Å². The first-order chi connectivity index (χ1) is 15.6. The fourth-order valence-electron chi connectivity index (χ4n) is 7.00. The minimum Gasteiger partial charge on any atom is -0.423 e. The van der Waals surface area contributed by atoms with Gasteiger partial charge in [-0.3, -0.25) is 4.79 Å². The van der Waals surface area contributed by atoms with Crippen molar-refractivity contribution >= 4 is 5.97 Å². The maximum atomic E-state index is 14.2. The Bertz CT molecular complexity index is 823. The van der Waals surface area contributed by atoms with E-state index >= 15 is 0 Å². The van der Waals surface area contributed by atoms with Crippen LogP contribution in [0, 0.1) is 52.7 Å². The van der Waals surface area contributed by atoms with Crippen LogP contribution in [-0.2, 0) is 4.79 Å². The van der Waals surface area contributed by atoms with Gasteiger partial charge in [0.2, 0.25) is 0 Å². The Hall–Kier alpha value is -1.89. The quantitative estimate of drug-likeness (QED) is 0.342. The van der Waals surface area contributed by atoms with Gasteiger partial charge < -0.3 is 4.74 Å². The first-order valence-corrected chi connectivity index (χ1v) is 13.0. The number of unbranched alkanes of at least 4 members (excludes halogenated alkanes) is 1. The topological polar surface area (TPSA) is 50.1 Å².